The number of aliphatic hydroxyl groups is 1. The Morgan fingerprint density at radius 1 is 1.27 bits per heavy atom. The van der Waals surface area contributed by atoms with Gasteiger partial charge in [-0.05, 0) is 29.1 Å². The zero-order valence-corrected chi connectivity index (χ0v) is 12.2. The fourth-order valence-electron chi connectivity index (χ4n) is 1.95. The summed E-state index contributed by atoms with van der Waals surface area (Å²) in [5.74, 6) is -0.214. The van der Waals surface area contributed by atoms with Crippen LogP contribution in [0.2, 0.25) is 0 Å². The van der Waals surface area contributed by atoms with Gasteiger partial charge in [-0.15, -0.1) is 11.3 Å². The van der Waals surface area contributed by atoms with Crippen LogP contribution in [0.5, 0.6) is 0 Å². The third kappa shape index (κ3) is 2.90. The number of thiophene rings is 1. The molecule has 0 fully saturated rings. The van der Waals surface area contributed by atoms with Crippen molar-refractivity contribution in [3.63, 3.8) is 0 Å². The van der Waals surface area contributed by atoms with E-state index in [4.69, 9.17) is 9.84 Å². The topological polar surface area (TPSA) is 92.3 Å². The summed E-state index contributed by atoms with van der Waals surface area (Å²) in [7, 11) is 0. The van der Waals surface area contributed by atoms with Gasteiger partial charge in [-0.3, -0.25) is 4.79 Å². The Morgan fingerprint density at radius 2 is 2.05 bits per heavy atom. The van der Waals surface area contributed by atoms with E-state index in [2.05, 4.69) is 9.97 Å². The Labute approximate surface area is 129 Å². The molecule has 0 aliphatic rings. The van der Waals surface area contributed by atoms with Gasteiger partial charge in [0.05, 0.1) is 17.7 Å². The fraction of sp³-hybridized carbons (Fsp3) is 0.133. The number of aromatic amines is 1. The number of ether oxygens (including phenoxy) is 1. The van der Waals surface area contributed by atoms with E-state index in [1.54, 1.807) is 35.7 Å². The van der Waals surface area contributed by atoms with Crippen LogP contribution in [-0.2, 0) is 18.0 Å². The molecule has 3 rings (SSSR count). The molecule has 22 heavy (non-hydrogen) atoms. The predicted octanol–water partition coefficient (Wildman–Crippen LogP) is 1.83. The van der Waals surface area contributed by atoms with Gasteiger partial charge >= 0.3 is 5.97 Å². The molecule has 0 aliphatic heterocycles. The molecule has 0 atom stereocenters. The number of carbonyl (C=O) groups excluding carboxylic acids is 1. The van der Waals surface area contributed by atoms with E-state index in [1.807, 2.05) is 0 Å². The lowest BCUT2D eigenvalue weighted by Crippen LogP contribution is -2.13. The summed E-state index contributed by atoms with van der Waals surface area (Å²) in [5.41, 5.74) is 1.44. The molecule has 6 nitrogen and oxygen atoms in total. The van der Waals surface area contributed by atoms with E-state index in [-0.39, 0.29) is 18.8 Å². The maximum atomic E-state index is 11.9. The molecule has 2 aromatic heterocycles. The number of esters is 1. The van der Waals surface area contributed by atoms with Gasteiger partial charge in [0.15, 0.2) is 0 Å². The molecular weight excluding hydrogens is 304 g/mol. The quantitative estimate of drug-likeness (QED) is 0.716. The minimum atomic E-state index is -0.516. The van der Waals surface area contributed by atoms with Gasteiger partial charge in [-0.2, -0.15) is 0 Å². The van der Waals surface area contributed by atoms with Crippen LogP contribution in [0.15, 0.2) is 40.5 Å². The second kappa shape index (κ2) is 6.08. The molecule has 2 heterocycles. The zero-order chi connectivity index (χ0) is 15.5. The summed E-state index contributed by atoms with van der Waals surface area (Å²) < 4.78 is 5.69. The second-order valence-corrected chi connectivity index (χ2v) is 5.49. The van der Waals surface area contributed by atoms with Crippen molar-refractivity contribution in [1.29, 1.82) is 0 Å². The van der Waals surface area contributed by atoms with Crippen molar-refractivity contribution in [2.45, 2.75) is 13.2 Å². The molecule has 0 bridgehead atoms. The molecule has 0 saturated heterocycles. The highest BCUT2D eigenvalue weighted by molar-refractivity contribution is 7.17. The minimum absolute atomic E-state index is 0.0822. The number of benzene rings is 1. The third-order valence-corrected chi connectivity index (χ3v) is 3.98. The van der Waals surface area contributed by atoms with Crippen molar-refractivity contribution in [2.24, 2.45) is 0 Å². The minimum Gasteiger partial charge on any atom is -0.454 e. The smallest absolute Gasteiger partial charge is 0.338 e. The van der Waals surface area contributed by atoms with E-state index < -0.39 is 5.97 Å². The van der Waals surface area contributed by atoms with Crippen LogP contribution in [0.1, 0.15) is 21.7 Å². The first-order chi connectivity index (χ1) is 10.7. The lowest BCUT2D eigenvalue weighted by atomic mass is 10.1. The second-order valence-electron chi connectivity index (χ2n) is 4.58. The van der Waals surface area contributed by atoms with Crippen molar-refractivity contribution in [2.75, 3.05) is 0 Å². The third-order valence-electron chi connectivity index (χ3n) is 3.08. The number of aromatic nitrogens is 2. The number of aliphatic hydroxyl groups excluding tert-OH is 1. The van der Waals surface area contributed by atoms with Crippen LogP contribution >= 0.6 is 11.3 Å². The maximum Gasteiger partial charge on any atom is 0.338 e. The van der Waals surface area contributed by atoms with Gasteiger partial charge in [0, 0.05) is 0 Å². The van der Waals surface area contributed by atoms with Crippen LogP contribution in [0.4, 0.5) is 0 Å². The Morgan fingerprint density at radius 3 is 2.77 bits per heavy atom. The van der Waals surface area contributed by atoms with Crippen molar-refractivity contribution >= 4 is 27.5 Å². The Bertz CT molecular complexity index is 867. The van der Waals surface area contributed by atoms with Gasteiger partial charge < -0.3 is 14.8 Å². The number of hydrogen-bond donors (Lipinski definition) is 2. The van der Waals surface area contributed by atoms with E-state index in [1.165, 1.54) is 11.3 Å². The molecule has 0 unspecified atom stereocenters. The Balaban J connectivity index is 1.72. The number of carbonyl (C=O) groups is 1. The first kappa shape index (κ1) is 14.4. The van der Waals surface area contributed by atoms with Crippen LogP contribution in [0.3, 0.4) is 0 Å². The number of nitrogens with one attached hydrogen (secondary N) is 1. The zero-order valence-electron chi connectivity index (χ0n) is 11.4. The van der Waals surface area contributed by atoms with Gasteiger partial charge in [0.25, 0.3) is 5.56 Å². The van der Waals surface area contributed by atoms with Crippen molar-refractivity contribution in [3.05, 3.63) is 63.0 Å². The Kier molecular flexibility index (Phi) is 3.99. The number of H-pyrrole nitrogens is 1. The van der Waals surface area contributed by atoms with Crippen molar-refractivity contribution < 1.29 is 14.6 Å². The van der Waals surface area contributed by atoms with E-state index >= 15 is 0 Å². The van der Waals surface area contributed by atoms with E-state index in [9.17, 15) is 9.59 Å². The molecule has 1 aromatic carbocycles. The van der Waals surface area contributed by atoms with E-state index in [0.717, 1.165) is 0 Å². The van der Waals surface area contributed by atoms with Crippen LogP contribution in [0.25, 0.3) is 10.2 Å². The lowest BCUT2D eigenvalue weighted by molar-refractivity contribution is 0.0462. The molecule has 7 heteroatoms. The monoisotopic (exact) mass is 316 g/mol. The van der Waals surface area contributed by atoms with Gasteiger partial charge in [0.2, 0.25) is 0 Å². The number of hydrogen-bond acceptors (Lipinski definition) is 6. The summed E-state index contributed by atoms with van der Waals surface area (Å²) in [4.78, 5) is 30.5. The summed E-state index contributed by atoms with van der Waals surface area (Å²) in [6.07, 6.45) is 0. The summed E-state index contributed by atoms with van der Waals surface area (Å²) in [6.45, 7) is -0.192. The Hall–Kier alpha value is -2.51. The molecule has 0 amide bonds. The SMILES string of the molecule is O=C(OCc1nc2ccsc2c(=O)[nH]1)c1ccc(CO)cc1. The molecule has 0 aliphatic carbocycles. The molecule has 3 aromatic rings. The first-order valence-corrected chi connectivity index (χ1v) is 7.38. The average Bonchev–Trinajstić information content (AvgIpc) is 3.02. The number of rotatable bonds is 4. The van der Waals surface area contributed by atoms with Gasteiger partial charge in [-0.25, -0.2) is 9.78 Å². The van der Waals surface area contributed by atoms with Crippen LogP contribution < -0.4 is 5.56 Å². The molecule has 112 valence electrons. The highest BCUT2D eigenvalue weighted by atomic mass is 32.1. The number of nitrogens with zero attached hydrogens (tertiary/aromatic N) is 1. The molecule has 0 saturated carbocycles. The highest BCUT2D eigenvalue weighted by Gasteiger charge is 2.10. The summed E-state index contributed by atoms with van der Waals surface area (Å²) in [5, 5.41) is 10.7. The largest absolute Gasteiger partial charge is 0.454 e. The molecule has 0 spiro atoms. The lowest BCUT2D eigenvalue weighted by Gasteiger charge is -2.05. The van der Waals surface area contributed by atoms with Crippen molar-refractivity contribution in [3.8, 4) is 0 Å². The molecular formula is C15H12N2O4S. The van der Waals surface area contributed by atoms with Crippen molar-refractivity contribution in [1.82, 2.24) is 9.97 Å². The first-order valence-electron chi connectivity index (χ1n) is 6.50. The van der Waals surface area contributed by atoms with Crippen LogP contribution in [-0.4, -0.2) is 21.0 Å². The highest BCUT2D eigenvalue weighted by Crippen LogP contribution is 2.14. The number of fused-ring (bicyclic) bond motifs is 1. The predicted molar refractivity (Wildman–Crippen MR) is 81.7 cm³/mol. The summed E-state index contributed by atoms with van der Waals surface area (Å²) in [6, 6.07) is 8.19. The average molecular weight is 316 g/mol. The maximum absolute atomic E-state index is 11.9. The van der Waals surface area contributed by atoms with Gasteiger partial charge in [-0.1, -0.05) is 12.1 Å². The normalized spacial score (nSPS) is 10.8. The van der Waals surface area contributed by atoms with Crippen LogP contribution in [0, 0.1) is 0 Å². The molecule has 2 N–H and O–H groups in total. The molecule has 0 radical (unpaired) electrons. The van der Waals surface area contributed by atoms with E-state index in [0.29, 0.717) is 27.2 Å². The standard InChI is InChI=1S/C15H12N2O4S/c18-7-9-1-3-10(4-2-9)15(20)21-8-12-16-11-5-6-22-13(11)14(19)17-12/h1-6,18H,7-8H2,(H,16,17,19). The van der Waals surface area contributed by atoms with Gasteiger partial charge in [0.1, 0.15) is 17.1 Å². The fourth-order valence-corrected chi connectivity index (χ4v) is 2.68. The summed E-state index contributed by atoms with van der Waals surface area (Å²) >= 11 is 1.31.